The zero-order valence-electron chi connectivity index (χ0n) is 7.74. The summed E-state index contributed by atoms with van der Waals surface area (Å²) in [6.07, 6.45) is 1.90. The number of halogens is 2. The molecule has 0 unspecified atom stereocenters. The minimum atomic E-state index is 0. The van der Waals surface area contributed by atoms with E-state index in [0.717, 1.165) is 10.6 Å². The van der Waals surface area contributed by atoms with Crippen molar-refractivity contribution in [2.75, 3.05) is 6.26 Å². The average Bonchev–Trinajstić information content (AvgIpc) is 2.16. The zero-order chi connectivity index (χ0) is 9.68. The van der Waals surface area contributed by atoms with Gasteiger partial charge in [0, 0.05) is 5.02 Å². The molecule has 0 heterocycles. The van der Waals surface area contributed by atoms with E-state index < -0.39 is 0 Å². The minimum absolute atomic E-state index is 0. The van der Waals surface area contributed by atoms with E-state index in [2.05, 4.69) is 4.99 Å². The Morgan fingerprint density at radius 3 is 2.50 bits per heavy atom. The first-order valence-electron chi connectivity index (χ1n) is 3.80. The molecule has 1 aromatic carbocycles. The summed E-state index contributed by atoms with van der Waals surface area (Å²) in [5.74, 6) is 0. The summed E-state index contributed by atoms with van der Waals surface area (Å²) in [5.41, 5.74) is 6.65. The number of amidine groups is 1. The van der Waals surface area contributed by atoms with Gasteiger partial charge in [0.15, 0.2) is 5.17 Å². The Morgan fingerprint density at radius 1 is 1.43 bits per heavy atom. The van der Waals surface area contributed by atoms with Crippen molar-refractivity contribution < 1.29 is 0 Å². The Kier molecular flexibility index (Phi) is 7.40. The van der Waals surface area contributed by atoms with Gasteiger partial charge in [-0.15, -0.1) is 24.0 Å². The molecule has 0 aliphatic heterocycles. The molecule has 78 valence electrons. The maximum absolute atomic E-state index is 5.74. The summed E-state index contributed by atoms with van der Waals surface area (Å²) in [6.45, 7) is 0.615. The van der Waals surface area contributed by atoms with Crippen LogP contribution in [0.3, 0.4) is 0 Å². The molecule has 2 N–H and O–H groups in total. The summed E-state index contributed by atoms with van der Waals surface area (Å²) in [4.78, 5) is 4.16. The number of rotatable bonds is 2. The first-order valence-corrected chi connectivity index (χ1v) is 5.41. The lowest BCUT2D eigenvalue weighted by Crippen LogP contribution is -2.05. The van der Waals surface area contributed by atoms with Crippen molar-refractivity contribution >= 4 is 52.5 Å². The van der Waals surface area contributed by atoms with Gasteiger partial charge in [-0.3, -0.25) is 4.99 Å². The fraction of sp³-hybridized carbons (Fsp3) is 0.222. The lowest BCUT2D eigenvalue weighted by molar-refractivity contribution is 1.07. The largest absolute Gasteiger partial charge is 0.379 e. The number of nitrogens with two attached hydrogens (primary N) is 1. The van der Waals surface area contributed by atoms with Crippen LogP contribution in [0.25, 0.3) is 0 Å². The van der Waals surface area contributed by atoms with E-state index in [-0.39, 0.29) is 24.0 Å². The van der Waals surface area contributed by atoms with Crippen LogP contribution in [0.4, 0.5) is 0 Å². The number of aliphatic imine (C=N–C) groups is 1. The van der Waals surface area contributed by atoms with Gasteiger partial charge in [-0.1, -0.05) is 35.5 Å². The van der Waals surface area contributed by atoms with E-state index in [0.29, 0.717) is 11.7 Å². The second-order valence-corrected chi connectivity index (χ2v) is 3.75. The molecule has 0 aromatic heterocycles. The van der Waals surface area contributed by atoms with Crippen LogP contribution in [-0.4, -0.2) is 11.4 Å². The second-order valence-electron chi connectivity index (χ2n) is 2.49. The average molecular weight is 343 g/mol. The highest BCUT2D eigenvalue weighted by molar-refractivity contribution is 14.0. The van der Waals surface area contributed by atoms with Crippen molar-refractivity contribution in [1.82, 2.24) is 0 Å². The molecule has 0 amide bonds. The molecule has 0 bridgehead atoms. The molecular formula is C9H12ClIN2S. The highest BCUT2D eigenvalue weighted by Crippen LogP contribution is 2.10. The number of hydrogen-bond donors (Lipinski definition) is 1. The van der Waals surface area contributed by atoms with Gasteiger partial charge in [-0.2, -0.15) is 0 Å². The Labute approximate surface area is 110 Å². The lowest BCUT2D eigenvalue weighted by atomic mass is 10.2. The standard InChI is InChI=1S/C9H11ClN2S.HI/c1-13-9(11)12-6-7-2-4-8(10)5-3-7;/h2-5H,6H2,1H3,(H2,11,12);1H. The predicted molar refractivity (Wildman–Crippen MR) is 75.7 cm³/mol. The summed E-state index contributed by atoms with van der Waals surface area (Å²) >= 11 is 7.19. The zero-order valence-corrected chi connectivity index (χ0v) is 11.6. The van der Waals surface area contributed by atoms with E-state index in [1.54, 1.807) is 0 Å². The molecule has 0 aliphatic carbocycles. The maximum Gasteiger partial charge on any atom is 0.153 e. The van der Waals surface area contributed by atoms with Crippen LogP contribution in [0.2, 0.25) is 5.02 Å². The van der Waals surface area contributed by atoms with Gasteiger partial charge in [0.1, 0.15) is 0 Å². The number of hydrogen-bond acceptors (Lipinski definition) is 2. The third kappa shape index (κ3) is 5.07. The van der Waals surface area contributed by atoms with E-state index in [1.165, 1.54) is 11.8 Å². The minimum Gasteiger partial charge on any atom is -0.379 e. The Bertz CT molecular complexity index is 300. The quantitative estimate of drug-likeness (QED) is 0.509. The van der Waals surface area contributed by atoms with E-state index in [4.69, 9.17) is 17.3 Å². The van der Waals surface area contributed by atoms with Crippen LogP contribution in [0.5, 0.6) is 0 Å². The van der Waals surface area contributed by atoms with Gasteiger partial charge in [0.05, 0.1) is 6.54 Å². The van der Waals surface area contributed by atoms with E-state index in [9.17, 15) is 0 Å². The fourth-order valence-electron chi connectivity index (χ4n) is 0.824. The second kappa shape index (κ2) is 7.36. The third-order valence-electron chi connectivity index (χ3n) is 1.54. The van der Waals surface area contributed by atoms with Crippen LogP contribution >= 0.6 is 47.3 Å². The number of thioether (sulfide) groups is 1. The normalized spacial score (nSPS) is 10.9. The first kappa shape index (κ1) is 14.1. The van der Waals surface area contributed by atoms with Crippen molar-refractivity contribution in [3.05, 3.63) is 34.9 Å². The van der Waals surface area contributed by atoms with Crippen LogP contribution < -0.4 is 5.73 Å². The summed E-state index contributed by atoms with van der Waals surface area (Å²) < 4.78 is 0. The molecule has 14 heavy (non-hydrogen) atoms. The summed E-state index contributed by atoms with van der Waals surface area (Å²) in [6, 6.07) is 7.59. The van der Waals surface area contributed by atoms with Crippen LogP contribution in [0, 0.1) is 0 Å². The fourth-order valence-corrected chi connectivity index (χ4v) is 1.14. The smallest absolute Gasteiger partial charge is 0.153 e. The highest BCUT2D eigenvalue weighted by atomic mass is 127. The Balaban J connectivity index is 0.00000169. The first-order chi connectivity index (χ1) is 6.22. The molecule has 1 rings (SSSR count). The van der Waals surface area contributed by atoms with Gasteiger partial charge >= 0.3 is 0 Å². The van der Waals surface area contributed by atoms with Crippen molar-refractivity contribution in [1.29, 1.82) is 0 Å². The molecule has 0 fully saturated rings. The topological polar surface area (TPSA) is 38.4 Å². The molecule has 1 aromatic rings. The lowest BCUT2D eigenvalue weighted by Gasteiger charge is -1.97. The van der Waals surface area contributed by atoms with Gasteiger partial charge < -0.3 is 5.73 Å². The Morgan fingerprint density at radius 2 is 2.00 bits per heavy atom. The van der Waals surface area contributed by atoms with Crippen molar-refractivity contribution in [2.24, 2.45) is 10.7 Å². The monoisotopic (exact) mass is 342 g/mol. The molecule has 0 atom stereocenters. The molecule has 0 radical (unpaired) electrons. The maximum atomic E-state index is 5.74. The molecule has 0 aliphatic rings. The Hall–Kier alpha value is 0.0600. The number of nitrogens with zero attached hydrogens (tertiary/aromatic N) is 1. The van der Waals surface area contributed by atoms with Crippen LogP contribution in [0.15, 0.2) is 29.3 Å². The van der Waals surface area contributed by atoms with Gasteiger partial charge in [-0.05, 0) is 24.0 Å². The predicted octanol–water partition coefficient (Wildman–Crippen LogP) is 3.14. The number of benzene rings is 1. The van der Waals surface area contributed by atoms with Crippen LogP contribution in [0.1, 0.15) is 5.56 Å². The molecule has 2 nitrogen and oxygen atoms in total. The third-order valence-corrected chi connectivity index (χ3v) is 2.34. The summed E-state index contributed by atoms with van der Waals surface area (Å²) in [7, 11) is 0. The summed E-state index contributed by atoms with van der Waals surface area (Å²) in [5, 5.41) is 1.35. The van der Waals surface area contributed by atoms with Gasteiger partial charge in [0.25, 0.3) is 0 Å². The van der Waals surface area contributed by atoms with Gasteiger partial charge in [0.2, 0.25) is 0 Å². The van der Waals surface area contributed by atoms with E-state index in [1.807, 2.05) is 30.5 Å². The molecule has 0 spiro atoms. The molecular weight excluding hydrogens is 331 g/mol. The van der Waals surface area contributed by atoms with Crippen LogP contribution in [-0.2, 0) is 6.54 Å². The molecule has 5 heteroatoms. The van der Waals surface area contributed by atoms with Crippen molar-refractivity contribution in [3.8, 4) is 0 Å². The van der Waals surface area contributed by atoms with Gasteiger partial charge in [-0.25, -0.2) is 0 Å². The molecule has 0 saturated heterocycles. The van der Waals surface area contributed by atoms with Crippen molar-refractivity contribution in [3.63, 3.8) is 0 Å². The molecule has 0 saturated carbocycles. The highest BCUT2D eigenvalue weighted by Gasteiger charge is 1.92. The van der Waals surface area contributed by atoms with E-state index >= 15 is 0 Å². The van der Waals surface area contributed by atoms with Crippen molar-refractivity contribution in [2.45, 2.75) is 6.54 Å². The SMILES string of the molecule is CSC(N)=NCc1ccc(Cl)cc1.I.